The van der Waals surface area contributed by atoms with Crippen LogP contribution in [0.2, 0.25) is 0 Å². The van der Waals surface area contributed by atoms with E-state index in [0.29, 0.717) is 0 Å². The van der Waals surface area contributed by atoms with Gasteiger partial charge in [-0.3, -0.25) is 14.9 Å². The first kappa shape index (κ1) is 20.7. The van der Waals surface area contributed by atoms with Crippen molar-refractivity contribution in [3.8, 4) is 0 Å². The van der Waals surface area contributed by atoms with E-state index in [1.165, 1.54) is 12.4 Å². The Labute approximate surface area is 164 Å². The zero-order chi connectivity index (χ0) is 21.2. The van der Waals surface area contributed by atoms with Gasteiger partial charge in [-0.25, -0.2) is 14.4 Å². The summed E-state index contributed by atoms with van der Waals surface area (Å²) >= 11 is 0. The van der Waals surface area contributed by atoms with Crippen molar-refractivity contribution in [1.82, 2.24) is 14.9 Å². The Morgan fingerprint density at radius 2 is 1.76 bits per heavy atom. The molecule has 0 aliphatic heterocycles. The molecule has 3 rings (SSSR count). The van der Waals surface area contributed by atoms with E-state index in [0.717, 1.165) is 34.7 Å². The van der Waals surface area contributed by atoms with Gasteiger partial charge >= 0.3 is 6.18 Å². The highest BCUT2D eigenvalue weighted by Gasteiger charge is 2.40. The third-order valence-electron chi connectivity index (χ3n) is 4.40. The average Bonchev–Trinajstić information content (AvgIpc) is 3.36. The van der Waals surface area contributed by atoms with Crippen LogP contribution in [0.25, 0.3) is 0 Å². The number of alkyl halides is 4. The molecule has 1 saturated carbocycles. The lowest BCUT2D eigenvalue weighted by Gasteiger charge is -2.22. The number of carbonyl (C=O) groups excluding carboxylic acids is 2. The van der Waals surface area contributed by atoms with Crippen molar-refractivity contribution in [2.24, 2.45) is 5.92 Å². The van der Waals surface area contributed by atoms with Gasteiger partial charge in [0.25, 0.3) is 5.91 Å². The van der Waals surface area contributed by atoms with Gasteiger partial charge in [-0.15, -0.1) is 0 Å². The summed E-state index contributed by atoms with van der Waals surface area (Å²) in [6, 6.07) is 3.67. The number of hydrogen-bond acceptors (Lipinski definition) is 4. The molecule has 29 heavy (non-hydrogen) atoms. The summed E-state index contributed by atoms with van der Waals surface area (Å²) in [6.45, 7) is 1.36. The number of carbonyl (C=O) groups is 2. The number of rotatable bonds is 6. The fourth-order valence-electron chi connectivity index (χ4n) is 2.68. The van der Waals surface area contributed by atoms with Crippen molar-refractivity contribution in [3.05, 3.63) is 53.3 Å². The van der Waals surface area contributed by atoms with E-state index in [4.69, 9.17) is 0 Å². The highest BCUT2D eigenvalue weighted by molar-refractivity contribution is 5.98. The summed E-state index contributed by atoms with van der Waals surface area (Å²) in [6.07, 6.45) is -2.29. The first-order valence-corrected chi connectivity index (χ1v) is 8.82. The number of hydrogen-bond donors (Lipinski definition) is 1. The molecule has 1 aromatic carbocycles. The van der Waals surface area contributed by atoms with E-state index >= 15 is 0 Å². The lowest BCUT2D eigenvalue weighted by atomic mass is 10.1. The predicted octanol–water partition coefficient (Wildman–Crippen LogP) is 3.24. The molecule has 2 aromatic rings. The van der Waals surface area contributed by atoms with Crippen LogP contribution in [-0.4, -0.2) is 45.9 Å². The molecule has 0 radical (unpaired) electrons. The Hall–Kier alpha value is -3.04. The number of nitrogens with one attached hydrogen (secondary N) is 1. The minimum absolute atomic E-state index is 0.0107. The van der Waals surface area contributed by atoms with Crippen LogP contribution in [0.4, 0.5) is 23.5 Å². The Bertz CT molecular complexity index is 885. The Morgan fingerprint density at radius 3 is 2.28 bits per heavy atom. The smallest absolute Gasteiger partial charge is 0.329 e. The molecular formula is C19H18F4N4O2. The molecule has 2 atom stereocenters. The summed E-state index contributed by atoms with van der Waals surface area (Å²) < 4.78 is 51.4. The summed E-state index contributed by atoms with van der Waals surface area (Å²) in [4.78, 5) is 34.0. The number of aromatic nitrogens is 2. The summed E-state index contributed by atoms with van der Waals surface area (Å²) in [5.74, 6) is -1.59. The van der Waals surface area contributed by atoms with Gasteiger partial charge in [0.15, 0.2) is 0 Å². The van der Waals surface area contributed by atoms with Crippen LogP contribution in [0.15, 0.2) is 36.7 Å². The van der Waals surface area contributed by atoms with Gasteiger partial charge in [-0.05, 0) is 43.2 Å². The highest BCUT2D eigenvalue weighted by atomic mass is 19.4. The zero-order valence-corrected chi connectivity index (χ0v) is 15.4. The topological polar surface area (TPSA) is 75.2 Å². The first-order valence-electron chi connectivity index (χ1n) is 8.82. The Kier molecular flexibility index (Phi) is 5.81. The number of anilines is 1. The molecule has 0 saturated heterocycles. The summed E-state index contributed by atoms with van der Waals surface area (Å²) in [5, 5.41) is 2.44. The minimum atomic E-state index is -4.52. The van der Waals surface area contributed by atoms with Gasteiger partial charge < -0.3 is 4.90 Å². The number of nitrogens with zero attached hydrogens (tertiary/aromatic N) is 3. The molecule has 1 fully saturated rings. The van der Waals surface area contributed by atoms with E-state index in [-0.39, 0.29) is 24.5 Å². The van der Waals surface area contributed by atoms with Gasteiger partial charge in [0, 0.05) is 30.4 Å². The van der Waals surface area contributed by atoms with Crippen molar-refractivity contribution < 1.29 is 27.2 Å². The second-order valence-corrected chi connectivity index (χ2v) is 6.90. The normalized spacial score (nSPS) is 18.2. The molecule has 0 unspecified atom stereocenters. The first-order chi connectivity index (χ1) is 13.6. The van der Waals surface area contributed by atoms with Gasteiger partial charge in [-0.2, -0.15) is 13.2 Å². The van der Waals surface area contributed by atoms with E-state index in [2.05, 4.69) is 15.3 Å². The molecule has 6 nitrogen and oxygen atoms in total. The fraction of sp³-hybridized carbons (Fsp3) is 0.368. The van der Waals surface area contributed by atoms with Gasteiger partial charge in [-0.1, -0.05) is 0 Å². The number of amides is 2. The molecule has 1 aromatic heterocycles. The van der Waals surface area contributed by atoms with Crippen molar-refractivity contribution in [2.75, 3.05) is 18.4 Å². The molecule has 1 aliphatic rings. The van der Waals surface area contributed by atoms with Crippen LogP contribution >= 0.6 is 0 Å². The maximum absolute atomic E-state index is 13.3. The zero-order valence-electron chi connectivity index (χ0n) is 15.4. The fourth-order valence-corrected chi connectivity index (χ4v) is 2.68. The molecule has 1 aliphatic carbocycles. The van der Waals surface area contributed by atoms with Crippen LogP contribution < -0.4 is 5.32 Å². The molecule has 154 valence electrons. The van der Waals surface area contributed by atoms with Crippen molar-refractivity contribution in [1.29, 1.82) is 0 Å². The summed E-state index contributed by atoms with van der Waals surface area (Å²) in [7, 11) is 0. The number of aryl methyl sites for hydroxylation is 1. The predicted molar refractivity (Wildman–Crippen MR) is 95.7 cm³/mol. The Balaban J connectivity index is 1.71. The van der Waals surface area contributed by atoms with Crippen LogP contribution in [0, 0.1) is 12.8 Å². The second-order valence-electron chi connectivity index (χ2n) is 6.90. The molecular weight excluding hydrogens is 392 g/mol. The highest BCUT2D eigenvalue weighted by Crippen LogP contribution is 2.35. The molecule has 0 bridgehead atoms. The Morgan fingerprint density at radius 1 is 1.17 bits per heavy atom. The second kappa shape index (κ2) is 8.14. The molecule has 10 heteroatoms. The van der Waals surface area contributed by atoms with Crippen LogP contribution in [0.1, 0.15) is 27.9 Å². The quantitative estimate of drug-likeness (QED) is 0.742. The van der Waals surface area contributed by atoms with Gasteiger partial charge in [0.05, 0.1) is 5.56 Å². The van der Waals surface area contributed by atoms with E-state index < -0.39 is 42.2 Å². The van der Waals surface area contributed by atoms with Gasteiger partial charge in [0.2, 0.25) is 11.9 Å². The maximum atomic E-state index is 13.3. The van der Waals surface area contributed by atoms with Crippen LogP contribution in [-0.2, 0) is 11.0 Å². The third kappa shape index (κ3) is 5.49. The molecule has 1 heterocycles. The van der Waals surface area contributed by atoms with Crippen molar-refractivity contribution >= 4 is 17.8 Å². The number of benzene rings is 1. The van der Waals surface area contributed by atoms with Crippen molar-refractivity contribution in [3.63, 3.8) is 0 Å². The number of halogens is 4. The van der Waals surface area contributed by atoms with E-state index in [1.54, 1.807) is 6.92 Å². The van der Waals surface area contributed by atoms with Gasteiger partial charge in [0.1, 0.15) is 12.7 Å². The SMILES string of the molecule is Cc1cnc(NC(=O)CN(C[C@@H]2C[C@@H]2F)C(=O)c2ccc(C(F)(F)F)cc2)nc1. The monoisotopic (exact) mass is 410 g/mol. The van der Waals surface area contributed by atoms with Crippen LogP contribution in [0.5, 0.6) is 0 Å². The average molecular weight is 410 g/mol. The van der Waals surface area contributed by atoms with E-state index in [9.17, 15) is 27.2 Å². The van der Waals surface area contributed by atoms with Crippen LogP contribution in [0.3, 0.4) is 0 Å². The standard InChI is InChI=1S/C19H18F4N4O2/c1-11-7-24-18(25-8-11)26-16(28)10-27(9-13-6-15(13)20)17(29)12-2-4-14(5-3-12)19(21,22)23/h2-5,7-8,13,15H,6,9-10H2,1H3,(H,24,25,26,28)/t13-,15-/m0/s1. The summed E-state index contributed by atoms with van der Waals surface area (Å²) in [5.41, 5.74) is -0.112. The minimum Gasteiger partial charge on any atom is -0.329 e. The van der Waals surface area contributed by atoms with Crippen molar-refractivity contribution in [2.45, 2.75) is 25.7 Å². The molecule has 2 amide bonds. The largest absolute Gasteiger partial charge is 0.416 e. The molecule has 0 spiro atoms. The third-order valence-corrected chi connectivity index (χ3v) is 4.40. The van der Waals surface area contributed by atoms with E-state index in [1.807, 2.05) is 0 Å². The lowest BCUT2D eigenvalue weighted by Crippen LogP contribution is -2.39. The maximum Gasteiger partial charge on any atom is 0.416 e. The molecule has 1 N–H and O–H groups in total. The lowest BCUT2D eigenvalue weighted by molar-refractivity contribution is -0.137.